The van der Waals surface area contributed by atoms with Crippen LogP contribution >= 0.6 is 0 Å². The van der Waals surface area contributed by atoms with E-state index in [1.54, 1.807) is 6.92 Å². The molecule has 0 saturated carbocycles. The second kappa shape index (κ2) is 26.9. The molecule has 0 N–H and O–H groups in total. The fourth-order valence-corrected chi connectivity index (χ4v) is 6.52. The van der Waals surface area contributed by atoms with Gasteiger partial charge in [-0.25, -0.2) is 0 Å². The second-order valence-corrected chi connectivity index (χ2v) is 14.1. The largest absolute Gasteiger partial charge is 0.462 e. The van der Waals surface area contributed by atoms with Gasteiger partial charge in [-0.3, -0.25) is 9.59 Å². The Kier molecular flexibility index (Phi) is 23.9. The number of hydrogen-bond acceptors (Lipinski definition) is 6. The maximum atomic E-state index is 12.1. The molecule has 2 aliphatic heterocycles. The molecule has 2 rings (SSSR count). The number of epoxide rings is 2. The highest BCUT2D eigenvalue weighted by Crippen LogP contribution is 2.33. The van der Waals surface area contributed by atoms with Crippen molar-refractivity contribution in [3.8, 4) is 0 Å². The minimum absolute atomic E-state index is 0.148. The molecule has 0 aromatic heterocycles. The van der Waals surface area contributed by atoms with Gasteiger partial charge in [0.25, 0.3) is 0 Å². The first kappa shape index (κ1) is 40.0. The van der Waals surface area contributed by atoms with E-state index in [1.165, 1.54) is 128 Å². The van der Waals surface area contributed by atoms with Crippen LogP contribution in [0.5, 0.6) is 0 Å². The van der Waals surface area contributed by atoms with Crippen LogP contribution in [0.1, 0.15) is 201 Å². The number of rotatable bonds is 33. The number of esters is 2. The van der Waals surface area contributed by atoms with Gasteiger partial charge in [-0.2, -0.15) is 0 Å². The third-order valence-corrected chi connectivity index (χ3v) is 9.61. The summed E-state index contributed by atoms with van der Waals surface area (Å²) in [6.07, 6.45) is 34.7. The SMILES string of the molecule is CCCCCCCC[C@H]1O[C@H]1CCCCCCCC(=O)OC[C@H](C)OC(=O)CCCCCCC[C@H]1O[C@@H]1CCCCCCCC. The quantitative estimate of drug-likeness (QED) is 0.0405. The smallest absolute Gasteiger partial charge is 0.306 e. The number of carbonyl (C=O) groups excluding carboxylic acids is 2. The molecule has 0 spiro atoms. The molecule has 0 aliphatic carbocycles. The normalized spacial score (nSPS) is 21.0. The van der Waals surface area contributed by atoms with Gasteiger partial charge in [-0.15, -0.1) is 0 Å². The van der Waals surface area contributed by atoms with Crippen LogP contribution in [-0.4, -0.2) is 49.1 Å². The van der Waals surface area contributed by atoms with Crippen molar-refractivity contribution < 1.29 is 28.5 Å². The monoisotopic (exact) mass is 637 g/mol. The summed E-state index contributed by atoms with van der Waals surface area (Å²) in [6, 6.07) is 0. The molecule has 0 bridgehead atoms. The maximum absolute atomic E-state index is 12.1. The lowest BCUT2D eigenvalue weighted by Gasteiger charge is -2.13. The average Bonchev–Trinajstić information content (AvgIpc) is 3.95. The molecule has 0 amide bonds. The summed E-state index contributed by atoms with van der Waals surface area (Å²) in [5, 5.41) is 0. The third kappa shape index (κ3) is 22.9. The standard InChI is InChI=1S/C39H72O6/c1-4-6-8-10-14-20-26-34-36(44-34)28-22-16-12-18-24-30-38(40)42-32-33(3)43-39(41)31-25-19-13-17-23-29-37-35(45-37)27-21-15-11-9-7-5-2/h33-37H,4-32H2,1-3H3/t33-,34+,35+,36-,37+/m0/s1. The van der Waals surface area contributed by atoms with Crippen molar-refractivity contribution in [1.82, 2.24) is 0 Å². The molecule has 2 fully saturated rings. The number of carbonyl (C=O) groups is 2. The summed E-state index contributed by atoms with van der Waals surface area (Å²) in [5.41, 5.74) is 0. The lowest BCUT2D eigenvalue weighted by molar-refractivity contribution is -0.158. The van der Waals surface area contributed by atoms with Crippen molar-refractivity contribution in [1.29, 1.82) is 0 Å². The Labute approximate surface area is 277 Å². The molecule has 2 heterocycles. The minimum atomic E-state index is -0.390. The molecule has 2 aliphatic rings. The average molecular weight is 637 g/mol. The molecular weight excluding hydrogens is 564 g/mol. The Morgan fingerprint density at radius 2 is 0.822 bits per heavy atom. The van der Waals surface area contributed by atoms with Crippen LogP contribution in [0.2, 0.25) is 0 Å². The van der Waals surface area contributed by atoms with E-state index in [2.05, 4.69) is 13.8 Å². The Hall–Kier alpha value is -1.14. The van der Waals surface area contributed by atoms with Gasteiger partial charge in [0.05, 0.1) is 24.4 Å². The van der Waals surface area contributed by atoms with Crippen molar-refractivity contribution in [2.24, 2.45) is 0 Å². The lowest BCUT2D eigenvalue weighted by atomic mass is 10.0. The summed E-state index contributed by atoms with van der Waals surface area (Å²) < 4.78 is 22.5. The number of hydrogen-bond donors (Lipinski definition) is 0. The summed E-state index contributed by atoms with van der Waals surface area (Å²) in [7, 11) is 0. The van der Waals surface area contributed by atoms with Crippen LogP contribution in [0, 0.1) is 0 Å². The molecule has 0 aromatic rings. The zero-order valence-corrected chi connectivity index (χ0v) is 29.8. The highest BCUT2D eigenvalue weighted by atomic mass is 16.6. The maximum Gasteiger partial charge on any atom is 0.306 e. The first-order valence-electron chi connectivity index (χ1n) is 19.7. The van der Waals surface area contributed by atoms with E-state index in [-0.39, 0.29) is 24.6 Å². The Morgan fingerprint density at radius 1 is 0.489 bits per heavy atom. The fraction of sp³-hybridized carbons (Fsp3) is 0.949. The molecule has 264 valence electrons. The lowest BCUT2D eigenvalue weighted by Crippen LogP contribution is -2.22. The predicted molar refractivity (Wildman–Crippen MR) is 184 cm³/mol. The van der Waals surface area contributed by atoms with Crippen molar-refractivity contribution >= 4 is 11.9 Å². The molecule has 45 heavy (non-hydrogen) atoms. The molecule has 2 saturated heterocycles. The molecule has 0 unspecified atom stereocenters. The van der Waals surface area contributed by atoms with Gasteiger partial charge in [0, 0.05) is 12.8 Å². The summed E-state index contributed by atoms with van der Waals surface area (Å²) in [6.45, 7) is 6.48. The van der Waals surface area contributed by atoms with Gasteiger partial charge in [0.1, 0.15) is 12.7 Å². The van der Waals surface area contributed by atoms with E-state index in [9.17, 15) is 9.59 Å². The topological polar surface area (TPSA) is 77.7 Å². The van der Waals surface area contributed by atoms with Gasteiger partial charge < -0.3 is 18.9 Å². The van der Waals surface area contributed by atoms with E-state index in [4.69, 9.17) is 18.9 Å². The van der Waals surface area contributed by atoms with E-state index in [0.29, 0.717) is 37.3 Å². The van der Waals surface area contributed by atoms with E-state index in [1.807, 2.05) is 0 Å². The highest BCUT2D eigenvalue weighted by molar-refractivity contribution is 5.70. The van der Waals surface area contributed by atoms with Crippen molar-refractivity contribution in [2.75, 3.05) is 6.61 Å². The third-order valence-electron chi connectivity index (χ3n) is 9.61. The molecule has 6 nitrogen and oxygen atoms in total. The molecule has 0 aromatic carbocycles. The minimum Gasteiger partial charge on any atom is -0.462 e. The Bertz CT molecular complexity index is 726. The second-order valence-electron chi connectivity index (χ2n) is 14.1. The van der Waals surface area contributed by atoms with Crippen molar-refractivity contribution in [2.45, 2.75) is 231 Å². The van der Waals surface area contributed by atoms with Crippen LogP contribution in [0.4, 0.5) is 0 Å². The van der Waals surface area contributed by atoms with Gasteiger partial charge >= 0.3 is 11.9 Å². The van der Waals surface area contributed by atoms with Crippen LogP contribution < -0.4 is 0 Å². The van der Waals surface area contributed by atoms with Crippen LogP contribution in [0.3, 0.4) is 0 Å². The van der Waals surface area contributed by atoms with Crippen LogP contribution in [0.15, 0.2) is 0 Å². The first-order valence-corrected chi connectivity index (χ1v) is 19.7. The van der Waals surface area contributed by atoms with E-state index >= 15 is 0 Å². The van der Waals surface area contributed by atoms with E-state index < -0.39 is 0 Å². The predicted octanol–water partition coefficient (Wildman–Crippen LogP) is 11.0. The van der Waals surface area contributed by atoms with Crippen molar-refractivity contribution in [3.63, 3.8) is 0 Å². The fourth-order valence-electron chi connectivity index (χ4n) is 6.52. The van der Waals surface area contributed by atoms with Crippen LogP contribution in [-0.2, 0) is 28.5 Å². The molecule has 5 atom stereocenters. The first-order chi connectivity index (χ1) is 22.0. The summed E-state index contributed by atoms with van der Waals surface area (Å²) in [4.78, 5) is 24.2. The number of ether oxygens (including phenoxy) is 4. The zero-order chi connectivity index (χ0) is 32.4. The Balaban J connectivity index is 1.28. The van der Waals surface area contributed by atoms with Gasteiger partial charge in [-0.1, -0.05) is 142 Å². The summed E-state index contributed by atoms with van der Waals surface area (Å²) >= 11 is 0. The van der Waals surface area contributed by atoms with Gasteiger partial charge in [0.2, 0.25) is 0 Å². The van der Waals surface area contributed by atoms with Gasteiger partial charge in [0.15, 0.2) is 0 Å². The Morgan fingerprint density at radius 3 is 1.22 bits per heavy atom. The van der Waals surface area contributed by atoms with Crippen LogP contribution in [0.25, 0.3) is 0 Å². The zero-order valence-electron chi connectivity index (χ0n) is 29.8. The van der Waals surface area contributed by atoms with Crippen molar-refractivity contribution in [3.05, 3.63) is 0 Å². The highest BCUT2D eigenvalue weighted by Gasteiger charge is 2.37. The summed E-state index contributed by atoms with van der Waals surface area (Å²) in [5.74, 6) is -0.375. The number of unbranched alkanes of at least 4 members (excludes halogenated alkanes) is 18. The van der Waals surface area contributed by atoms with E-state index in [0.717, 1.165) is 38.5 Å². The molecule has 6 heteroatoms. The van der Waals surface area contributed by atoms with Gasteiger partial charge in [-0.05, 0) is 45.4 Å². The molecule has 0 radical (unpaired) electrons. The molecular formula is C39H72O6.